The highest BCUT2D eigenvalue weighted by Gasteiger charge is 2.52. The van der Waals surface area contributed by atoms with E-state index in [0.717, 1.165) is 11.3 Å². The van der Waals surface area contributed by atoms with Crippen molar-refractivity contribution in [3.05, 3.63) is 29.8 Å². The summed E-state index contributed by atoms with van der Waals surface area (Å²) >= 11 is 0. The molecule has 1 aliphatic heterocycles. The van der Waals surface area contributed by atoms with Crippen molar-refractivity contribution >= 4 is 12.1 Å². The zero-order valence-electron chi connectivity index (χ0n) is 15.4. The third kappa shape index (κ3) is 4.63. The molecule has 1 aromatic carbocycles. The van der Waals surface area contributed by atoms with Gasteiger partial charge in [0, 0.05) is 6.54 Å². The summed E-state index contributed by atoms with van der Waals surface area (Å²) in [4.78, 5) is 25.8. The fraction of sp³-hybridized carbons (Fsp3) is 0.556. The van der Waals surface area contributed by atoms with Crippen molar-refractivity contribution in [3.8, 4) is 5.75 Å². The van der Waals surface area contributed by atoms with Crippen LogP contribution in [-0.4, -0.2) is 55.4 Å². The molecule has 7 nitrogen and oxygen atoms in total. The fourth-order valence-corrected chi connectivity index (χ4v) is 2.58. The van der Waals surface area contributed by atoms with Crippen molar-refractivity contribution in [2.24, 2.45) is 0 Å². The zero-order chi connectivity index (χ0) is 18.7. The average molecular weight is 350 g/mol. The number of methoxy groups -OCH3 is 2. The van der Waals surface area contributed by atoms with Crippen molar-refractivity contribution in [3.63, 3.8) is 0 Å². The largest absolute Gasteiger partial charge is 0.497 e. The minimum atomic E-state index is -0.911. The normalized spacial score (nSPS) is 16.0. The summed E-state index contributed by atoms with van der Waals surface area (Å²) < 4.78 is 15.4. The summed E-state index contributed by atoms with van der Waals surface area (Å²) in [5, 5.41) is 3.22. The molecule has 1 aromatic rings. The summed E-state index contributed by atoms with van der Waals surface area (Å²) in [7, 11) is 2.95. The minimum absolute atomic E-state index is 0.213. The molecule has 0 saturated carbocycles. The van der Waals surface area contributed by atoms with E-state index in [1.54, 1.807) is 27.9 Å². The SMILES string of the molecule is COC(=O)C1(NCc2ccc(OC)cc2)CN(C(=O)OC(C)(C)C)C1. The Bertz CT molecular complexity index is 615. The molecule has 1 amide bonds. The molecule has 0 spiro atoms. The van der Waals surface area contributed by atoms with Crippen molar-refractivity contribution in [2.45, 2.75) is 38.5 Å². The molecule has 25 heavy (non-hydrogen) atoms. The van der Waals surface area contributed by atoms with Crippen LogP contribution in [0.3, 0.4) is 0 Å². The van der Waals surface area contributed by atoms with Gasteiger partial charge in [0.25, 0.3) is 0 Å². The Labute approximate surface area is 148 Å². The molecule has 2 rings (SSSR count). The Morgan fingerprint density at radius 3 is 2.24 bits per heavy atom. The van der Waals surface area contributed by atoms with E-state index in [2.05, 4.69) is 5.32 Å². The highest BCUT2D eigenvalue weighted by molar-refractivity contribution is 5.85. The fourth-order valence-electron chi connectivity index (χ4n) is 2.58. The van der Waals surface area contributed by atoms with Crippen LogP contribution in [0.1, 0.15) is 26.3 Å². The van der Waals surface area contributed by atoms with Gasteiger partial charge in [0.05, 0.1) is 27.3 Å². The van der Waals surface area contributed by atoms with Crippen molar-refractivity contribution in [1.82, 2.24) is 10.2 Å². The van der Waals surface area contributed by atoms with E-state index in [1.807, 2.05) is 24.3 Å². The minimum Gasteiger partial charge on any atom is -0.497 e. The molecule has 1 aliphatic rings. The number of amides is 1. The summed E-state index contributed by atoms with van der Waals surface area (Å²) in [6.45, 7) is 6.32. The second-order valence-electron chi connectivity index (χ2n) is 7.11. The van der Waals surface area contributed by atoms with Gasteiger partial charge in [-0.1, -0.05) is 12.1 Å². The monoisotopic (exact) mass is 350 g/mol. The number of nitrogens with zero attached hydrogens (tertiary/aromatic N) is 1. The molecule has 0 aliphatic carbocycles. The Morgan fingerprint density at radius 2 is 1.76 bits per heavy atom. The van der Waals surface area contributed by atoms with Gasteiger partial charge in [0.15, 0.2) is 5.54 Å². The number of esters is 1. The molecule has 138 valence electrons. The van der Waals surface area contributed by atoms with Crippen LogP contribution < -0.4 is 10.1 Å². The molecule has 1 saturated heterocycles. The molecule has 1 fully saturated rings. The number of hydrogen-bond donors (Lipinski definition) is 1. The zero-order valence-corrected chi connectivity index (χ0v) is 15.4. The molecular formula is C18H26N2O5. The standard InChI is InChI=1S/C18H26N2O5/c1-17(2,3)25-16(22)20-11-18(12-20,15(21)24-5)19-10-13-6-8-14(23-4)9-7-13/h6-9,19H,10-12H2,1-5H3. The van der Waals surface area contributed by atoms with E-state index in [1.165, 1.54) is 12.0 Å². The highest BCUT2D eigenvalue weighted by Crippen LogP contribution is 2.25. The number of hydrogen-bond acceptors (Lipinski definition) is 6. The lowest BCUT2D eigenvalue weighted by Crippen LogP contribution is -2.74. The quantitative estimate of drug-likeness (QED) is 0.818. The first kappa shape index (κ1) is 19.1. The highest BCUT2D eigenvalue weighted by atomic mass is 16.6. The topological polar surface area (TPSA) is 77.1 Å². The summed E-state index contributed by atoms with van der Waals surface area (Å²) in [5.41, 5.74) is -0.484. The predicted octanol–water partition coefficient (Wildman–Crippen LogP) is 1.95. The van der Waals surface area contributed by atoms with Crippen LogP contribution >= 0.6 is 0 Å². The van der Waals surface area contributed by atoms with Crippen LogP contribution in [0.2, 0.25) is 0 Å². The number of carbonyl (C=O) groups is 2. The van der Waals surface area contributed by atoms with Crippen LogP contribution in [0, 0.1) is 0 Å². The van der Waals surface area contributed by atoms with Crippen LogP contribution in [0.4, 0.5) is 4.79 Å². The second-order valence-corrected chi connectivity index (χ2v) is 7.11. The van der Waals surface area contributed by atoms with E-state index in [4.69, 9.17) is 14.2 Å². The van der Waals surface area contributed by atoms with Gasteiger partial charge >= 0.3 is 12.1 Å². The lowest BCUT2D eigenvalue weighted by atomic mass is 9.89. The van der Waals surface area contributed by atoms with E-state index >= 15 is 0 Å². The first-order chi connectivity index (χ1) is 11.7. The number of likely N-dealkylation sites (tertiary alicyclic amines) is 1. The first-order valence-corrected chi connectivity index (χ1v) is 8.13. The third-order valence-corrected chi connectivity index (χ3v) is 3.94. The molecule has 0 unspecified atom stereocenters. The van der Waals surface area contributed by atoms with E-state index in [-0.39, 0.29) is 19.1 Å². The maximum atomic E-state index is 12.2. The van der Waals surface area contributed by atoms with Crippen molar-refractivity contribution in [2.75, 3.05) is 27.3 Å². The van der Waals surface area contributed by atoms with Crippen molar-refractivity contribution in [1.29, 1.82) is 0 Å². The van der Waals surface area contributed by atoms with Crippen molar-refractivity contribution < 1.29 is 23.8 Å². The van der Waals surface area contributed by atoms with E-state index in [0.29, 0.717) is 6.54 Å². The lowest BCUT2D eigenvalue weighted by Gasteiger charge is -2.48. The van der Waals surface area contributed by atoms with Crippen LogP contribution in [0.25, 0.3) is 0 Å². The molecule has 1 heterocycles. The Kier molecular flexibility index (Phi) is 5.57. The maximum absolute atomic E-state index is 12.2. The molecule has 0 aromatic heterocycles. The summed E-state index contributed by atoms with van der Waals surface area (Å²) in [5.74, 6) is 0.381. The Hall–Kier alpha value is -2.28. The predicted molar refractivity (Wildman–Crippen MR) is 92.4 cm³/mol. The lowest BCUT2D eigenvalue weighted by molar-refractivity contribution is -0.156. The number of carbonyl (C=O) groups excluding carboxylic acids is 2. The van der Waals surface area contributed by atoms with Gasteiger partial charge in [-0.05, 0) is 38.5 Å². The van der Waals surface area contributed by atoms with E-state index < -0.39 is 17.2 Å². The Morgan fingerprint density at radius 1 is 1.16 bits per heavy atom. The van der Waals surface area contributed by atoms with Gasteiger partial charge in [-0.2, -0.15) is 0 Å². The first-order valence-electron chi connectivity index (χ1n) is 8.13. The molecule has 0 radical (unpaired) electrons. The number of ether oxygens (including phenoxy) is 3. The molecule has 7 heteroatoms. The van der Waals surface area contributed by atoms with Gasteiger partial charge in [-0.15, -0.1) is 0 Å². The second kappa shape index (κ2) is 7.31. The number of nitrogens with one attached hydrogen (secondary N) is 1. The van der Waals surface area contributed by atoms with Gasteiger partial charge in [0.1, 0.15) is 11.4 Å². The smallest absolute Gasteiger partial charge is 0.410 e. The van der Waals surface area contributed by atoms with Gasteiger partial charge in [0.2, 0.25) is 0 Å². The summed E-state index contributed by atoms with van der Waals surface area (Å²) in [6.07, 6.45) is -0.432. The molecular weight excluding hydrogens is 324 g/mol. The molecule has 0 bridgehead atoms. The van der Waals surface area contributed by atoms with Gasteiger partial charge in [-0.3, -0.25) is 5.32 Å². The Balaban J connectivity index is 1.98. The van der Waals surface area contributed by atoms with E-state index in [9.17, 15) is 9.59 Å². The van der Waals surface area contributed by atoms with Crippen LogP contribution in [0.15, 0.2) is 24.3 Å². The molecule has 0 atom stereocenters. The average Bonchev–Trinajstić information content (AvgIpc) is 2.52. The third-order valence-electron chi connectivity index (χ3n) is 3.94. The molecule has 1 N–H and O–H groups in total. The van der Waals surface area contributed by atoms with Crippen LogP contribution in [0.5, 0.6) is 5.75 Å². The maximum Gasteiger partial charge on any atom is 0.410 e. The van der Waals surface area contributed by atoms with Crippen LogP contribution in [-0.2, 0) is 20.8 Å². The summed E-state index contributed by atoms with van der Waals surface area (Å²) in [6, 6.07) is 7.55. The van der Waals surface area contributed by atoms with Gasteiger partial charge in [-0.25, -0.2) is 9.59 Å². The van der Waals surface area contributed by atoms with Gasteiger partial charge < -0.3 is 19.1 Å². The number of rotatable bonds is 5. The number of benzene rings is 1.